The van der Waals surface area contributed by atoms with Gasteiger partial charge in [-0.15, -0.1) is 0 Å². The molecule has 0 saturated heterocycles. The van der Waals surface area contributed by atoms with Crippen molar-refractivity contribution < 1.29 is 19.1 Å². The maximum atomic E-state index is 12.3. The van der Waals surface area contributed by atoms with Crippen molar-refractivity contribution in [3.63, 3.8) is 0 Å². The molecule has 0 aromatic heterocycles. The van der Waals surface area contributed by atoms with Crippen LogP contribution < -0.4 is 25.4 Å². The number of ether oxygens (including phenoxy) is 2. The fourth-order valence-electron chi connectivity index (χ4n) is 2.92. The van der Waals surface area contributed by atoms with Gasteiger partial charge in [-0.1, -0.05) is 30.3 Å². The first-order valence-corrected chi connectivity index (χ1v) is 10.5. The van der Waals surface area contributed by atoms with Crippen molar-refractivity contribution in [3.05, 3.63) is 84.4 Å². The number of carbonyl (C=O) groups is 2. The lowest BCUT2D eigenvalue weighted by Gasteiger charge is -2.11. The maximum Gasteiger partial charge on any atom is 0.251 e. The highest BCUT2D eigenvalue weighted by Crippen LogP contribution is 2.17. The van der Waals surface area contributed by atoms with E-state index >= 15 is 0 Å². The van der Waals surface area contributed by atoms with Crippen LogP contribution in [-0.4, -0.2) is 38.1 Å². The minimum absolute atomic E-state index is 0.0754. The average molecular weight is 434 g/mol. The highest BCUT2D eigenvalue weighted by atomic mass is 16.5. The monoisotopic (exact) mass is 433 g/mol. The molecule has 0 fully saturated rings. The van der Waals surface area contributed by atoms with Crippen molar-refractivity contribution >= 4 is 23.2 Å². The Morgan fingerprint density at radius 3 is 2.25 bits per heavy atom. The van der Waals surface area contributed by atoms with Crippen molar-refractivity contribution in [1.82, 2.24) is 5.32 Å². The van der Waals surface area contributed by atoms with Crippen LogP contribution in [0.3, 0.4) is 0 Å². The first kappa shape index (κ1) is 22.7. The van der Waals surface area contributed by atoms with Gasteiger partial charge in [-0.2, -0.15) is 0 Å². The van der Waals surface area contributed by atoms with E-state index in [1.807, 2.05) is 61.5 Å². The fraction of sp³-hybridized carbons (Fsp3) is 0.200. The van der Waals surface area contributed by atoms with Crippen molar-refractivity contribution in [1.29, 1.82) is 0 Å². The maximum absolute atomic E-state index is 12.3. The van der Waals surface area contributed by atoms with E-state index in [1.165, 1.54) is 0 Å². The lowest BCUT2D eigenvalue weighted by atomic mass is 10.2. The Hall–Kier alpha value is -4.00. The van der Waals surface area contributed by atoms with E-state index in [9.17, 15) is 9.59 Å². The Kier molecular flexibility index (Phi) is 8.50. The van der Waals surface area contributed by atoms with E-state index < -0.39 is 0 Å². The molecule has 0 aliphatic heterocycles. The number of para-hydroxylation sites is 1. The molecule has 0 bridgehead atoms. The molecule has 0 spiro atoms. The van der Waals surface area contributed by atoms with E-state index in [4.69, 9.17) is 9.47 Å². The highest BCUT2D eigenvalue weighted by molar-refractivity contribution is 5.98. The van der Waals surface area contributed by atoms with Gasteiger partial charge in [0.2, 0.25) is 5.91 Å². The summed E-state index contributed by atoms with van der Waals surface area (Å²) in [7, 11) is 0. The van der Waals surface area contributed by atoms with Crippen LogP contribution in [0.2, 0.25) is 0 Å². The SMILES string of the molecule is CCNC(=O)c1cccc(NC(=O)CNc2cccc(OCCOc3ccccc3)c2)c1. The zero-order valence-electron chi connectivity index (χ0n) is 18.0. The largest absolute Gasteiger partial charge is 0.490 e. The highest BCUT2D eigenvalue weighted by Gasteiger charge is 2.07. The first-order valence-electron chi connectivity index (χ1n) is 10.5. The summed E-state index contributed by atoms with van der Waals surface area (Å²) in [6.45, 7) is 3.31. The van der Waals surface area contributed by atoms with Gasteiger partial charge in [-0.3, -0.25) is 9.59 Å². The van der Waals surface area contributed by atoms with Gasteiger partial charge in [0.05, 0.1) is 6.54 Å². The van der Waals surface area contributed by atoms with Crippen LogP contribution in [0.4, 0.5) is 11.4 Å². The number of anilines is 2. The van der Waals surface area contributed by atoms with Crippen molar-refractivity contribution in [2.24, 2.45) is 0 Å². The summed E-state index contributed by atoms with van der Waals surface area (Å²) in [6, 6.07) is 23.8. The molecule has 3 rings (SSSR count). The molecule has 0 aliphatic carbocycles. The van der Waals surface area contributed by atoms with Crippen molar-refractivity contribution in [3.8, 4) is 11.5 Å². The second-order valence-corrected chi connectivity index (χ2v) is 6.88. The fourth-order valence-corrected chi connectivity index (χ4v) is 2.92. The Labute approximate surface area is 187 Å². The average Bonchev–Trinajstić information content (AvgIpc) is 2.82. The van der Waals surface area contributed by atoms with Gasteiger partial charge in [0, 0.05) is 29.5 Å². The zero-order valence-corrected chi connectivity index (χ0v) is 18.0. The number of benzene rings is 3. The standard InChI is InChI=1S/C25H27N3O4/c1-2-26-25(30)19-8-6-10-21(16-19)28-24(29)18-27-20-9-7-13-23(17-20)32-15-14-31-22-11-4-3-5-12-22/h3-13,16-17,27H,2,14-15,18H2,1H3,(H,26,30)(H,28,29). The quantitative estimate of drug-likeness (QED) is 0.399. The molecule has 0 aliphatic rings. The molecule has 0 saturated carbocycles. The molecule has 3 aromatic carbocycles. The lowest BCUT2D eigenvalue weighted by molar-refractivity contribution is -0.114. The zero-order chi connectivity index (χ0) is 22.6. The number of carbonyl (C=O) groups excluding carboxylic acids is 2. The van der Waals surface area contributed by atoms with Gasteiger partial charge in [0.15, 0.2) is 0 Å². The minimum Gasteiger partial charge on any atom is -0.490 e. The molecule has 166 valence electrons. The Morgan fingerprint density at radius 1 is 0.781 bits per heavy atom. The smallest absolute Gasteiger partial charge is 0.251 e. The second-order valence-electron chi connectivity index (χ2n) is 6.88. The van der Waals surface area contributed by atoms with Gasteiger partial charge < -0.3 is 25.4 Å². The van der Waals surface area contributed by atoms with Crippen LogP contribution in [0, 0.1) is 0 Å². The normalized spacial score (nSPS) is 10.2. The first-order chi connectivity index (χ1) is 15.6. The Bertz CT molecular complexity index is 1020. The second kappa shape index (κ2) is 12.0. The number of hydrogen-bond donors (Lipinski definition) is 3. The van der Waals surface area contributed by atoms with E-state index in [0.717, 1.165) is 11.4 Å². The van der Waals surface area contributed by atoms with Crippen LogP contribution in [0.15, 0.2) is 78.9 Å². The number of rotatable bonds is 11. The van der Waals surface area contributed by atoms with Gasteiger partial charge in [-0.25, -0.2) is 0 Å². The third-order valence-electron chi connectivity index (χ3n) is 4.40. The molecule has 0 heterocycles. The summed E-state index contributed by atoms with van der Waals surface area (Å²) >= 11 is 0. The predicted octanol–water partition coefficient (Wildman–Crippen LogP) is 3.94. The van der Waals surface area contributed by atoms with Crippen LogP contribution >= 0.6 is 0 Å². The number of amides is 2. The van der Waals surface area contributed by atoms with Crippen LogP contribution in [0.1, 0.15) is 17.3 Å². The van der Waals surface area contributed by atoms with Crippen molar-refractivity contribution in [2.45, 2.75) is 6.92 Å². The van der Waals surface area contributed by atoms with E-state index in [0.29, 0.717) is 36.8 Å². The summed E-state index contributed by atoms with van der Waals surface area (Å²) in [5, 5.41) is 8.61. The molecule has 3 N–H and O–H groups in total. The summed E-state index contributed by atoms with van der Waals surface area (Å²) in [5.41, 5.74) is 1.83. The van der Waals surface area contributed by atoms with E-state index in [1.54, 1.807) is 24.3 Å². The van der Waals surface area contributed by atoms with E-state index in [-0.39, 0.29) is 18.4 Å². The summed E-state index contributed by atoms with van der Waals surface area (Å²) in [5.74, 6) is 1.09. The van der Waals surface area contributed by atoms with E-state index in [2.05, 4.69) is 16.0 Å². The van der Waals surface area contributed by atoms with Gasteiger partial charge >= 0.3 is 0 Å². The third kappa shape index (κ3) is 7.36. The Balaban J connectivity index is 1.44. The van der Waals surface area contributed by atoms with Gasteiger partial charge in [0.25, 0.3) is 5.91 Å². The summed E-state index contributed by atoms with van der Waals surface area (Å²) in [4.78, 5) is 24.2. The third-order valence-corrected chi connectivity index (χ3v) is 4.40. The van der Waals surface area contributed by atoms with Crippen LogP contribution in [0.25, 0.3) is 0 Å². The van der Waals surface area contributed by atoms with Crippen LogP contribution in [0.5, 0.6) is 11.5 Å². The molecule has 0 radical (unpaired) electrons. The van der Waals surface area contributed by atoms with Crippen molar-refractivity contribution in [2.75, 3.05) is 36.9 Å². The number of hydrogen-bond acceptors (Lipinski definition) is 5. The molecule has 0 unspecified atom stereocenters. The molecular weight excluding hydrogens is 406 g/mol. The molecule has 7 heteroatoms. The molecular formula is C25H27N3O4. The molecule has 0 atom stereocenters. The molecule has 2 amide bonds. The summed E-state index contributed by atoms with van der Waals surface area (Å²) in [6.07, 6.45) is 0. The molecule has 7 nitrogen and oxygen atoms in total. The molecule has 3 aromatic rings. The van der Waals surface area contributed by atoms with Crippen LogP contribution in [-0.2, 0) is 4.79 Å². The topological polar surface area (TPSA) is 88.7 Å². The minimum atomic E-state index is -0.222. The summed E-state index contributed by atoms with van der Waals surface area (Å²) < 4.78 is 11.3. The van der Waals surface area contributed by atoms with Gasteiger partial charge in [-0.05, 0) is 49.4 Å². The Morgan fingerprint density at radius 2 is 1.47 bits per heavy atom. The van der Waals surface area contributed by atoms with Gasteiger partial charge in [0.1, 0.15) is 24.7 Å². The number of nitrogens with one attached hydrogen (secondary N) is 3. The predicted molar refractivity (Wildman–Crippen MR) is 125 cm³/mol. The lowest BCUT2D eigenvalue weighted by Crippen LogP contribution is -2.24. The molecule has 32 heavy (non-hydrogen) atoms.